The van der Waals surface area contributed by atoms with Crippen LogP contribution in [0, 0.1) is 0 Å². The quantitative estimate of drug-likeness (QED) is 0.548. The van der Waals surface area contributed by atoms with E-state index in [1.54, 1.807) is 0 Å². The van der Waals surface area contributed by atoms with E-state index in [4.69, 9.17) is 27.9 Å². The van der Waals surface area contributed by atoms with Crippen molar-refractivity contribution in [1.82, 2.24) is 10.2 Å². The van der Waals surface area contributed by atoms with E-state index in [-0.39, 0.29) is 31.8 Å². The van der Waals surface area contributed by atoms with E-state index in [1.807, 2.05) is 0 Å². The Bertz CT molecular complexity index is 674. The van der Waals surface area contributed by atoms with Crippen molar-refractivity contribution >= 4 is 52.7 Å². The van der Waals surface area contributed by atoms with E-state index in [9.17, 15) is 19.2 Å². The molecule has 0 unspecified atom stereocenters. The van der Waals surface area contributed by atoms with E-state index in [1.165, 1.54) is 18.2 Å². The molecule has 2 rings (SSSR count). The Morgan fingerprint density at radius 3 is 2.48 bits per heavy atom. The molecule has 0 aliphatic carbocycles. The van der Waals surface area contributed by atoms with Gasteiger partial charge in [0, 0.05) is 28.7 Å². The normalized spacial score (nSPS) is 13.6. The van der Waals surface area contributed by atoms with Crippen LogP contribution in [0.4, 0.5) is 10.5 Å². The fraction of sp³-hybridized carbons (Fsp3) is 0.333. The number of halogens is 2. The predicted octanol–water partition coefficient (Wildman–Crippen LogP) is 1.81. The number of imide groups is 1. The van der Waals surface area contributed by atoms with Crippen LogP contribution in [0.1, 0.15) is 12.8 Å². The molecule has 1 saturated heterocycles. The number of ether oxygens (including phenoxy) is 1. The van der Waals surface area contributed by atoms with Gasteiger partial charge in [0.1, 0.15) is 0 Å². The molecule has 8 nitrogen and oxygen atoms in total. The highest BCUT2D eigenvalue weighted by molar-refractivity contribution is 6.35. The minimum Gasteiger partial charge on any atom is -0.456 e. The second kappa shape index (κ2) is 8.68. The first-order valence-corrected chi connectivity index (χ1v) is 8.10. The first-order chi connectivity index (χ1) is 11.8. The molecule has 1 aromatic carbocycles. The van der Waals surface area contributed by atoms with Gasteiger partial charge in [-0.3, -0.25) is 19.3 Å². The van der Waals surface area contributed by atoms with Crippen molar-refractivity contribution in [3.63, 3.8) is 0 Å². The second-order valence-electron chi connectivity index (χ2n) is 5.17. The molecule has 0 radical (unpaired) electrons. The number of hydrogen-bond donors (Lipinski definition) is 2. The van der Waals surface area contributed by atoms with Gasteiger partial charge >= 0.3 is 12.0 Å². The lowest BCUT2D eigenvalue weighted by molar-refractivity contribution is -0.147. The van der Waals surface area contributed by atoms with Gasteiger partial charge in [-0.1, -0.05) is 23.2 Å². The topological polar surface area (TPSA) is 105 Å². The maximum absolute atomic E-state index is 11.7. The average molecular weight is 388 g/mol. The SMILES string of the molecule is O=C(COC(=O)CCCN1C(=O)CNC1=O)Nc1cc(Cl)cc(Cl)c1. The minimum atomic E-state index is -0.605. The highest BCUT2D eigenvalue weighted by atomic mass is 35.5. The van der Waals surface area contributed by atoms with Crippen LogP contribution >= 0.6 is 23.2 Å². The summed E-state index contributed by atoms with van der Waals surface area (Å²) in [6.45, 7) is -0.379. The molecular formula is C15H15Cl2N3O5. The molecule has 1 aliphatic rings. The zero-order valence-electron chi connectivity index (χ0n) is 13.0. The highest BCUT2D eigenvalue weighted by Gasteiger charge is 2.27. The summed E-state index contributed by atoms with van der Waals surface area (Å²) in [7, 11) is 0. The molecule has 4 amide bonds. The molecule has 0 saturated carbocycles. The molecule has 25 heavy (non-hydrogen) atoms. The van der Waals surface area contributed by atoms with Crippen molar-refractivity contribution < 1.29 is 23.9 Å². The first-order valence-electron chi connectivity index (χ1n) is 7.35. The van der Waals surface area contributed by atoms with Gasteiger partial charge in [0.2, 0.25) is 5.91 Å². The molecule has 1 fully saturated rings. The van der Waals surface area contributed by atoms with Crippen LogP contribution in [-0.4, -0.2) is 48.4 Å². The third-order valence-electron chi connectivity index (χ3n) is 3.21. The number of nitrogens with one attached hydrogen (secondary N) is 2. The number of carbonyl (C=O) groups is 4. The lowest BCUT2D eigenvalue weighted by Crippen LogP contribution is -2.32. The van der Waals surface area contributed by atoms with E-state index < -0.39 is 24.5 Å². The second-order valence-corrected chi connectivity index (χ2v) is 6.05. The monoisotopic (exact) mass is 387 g/mol. The number of amides is 4. The van der Waals surface area contributed by atoms with Crippen LogP contribution in [0.5, 0.6) is 0 Å². The standard InChI is InChI=1S/C15H15Cl2N3O5/c16-9-4-10(17)6-11(5-9)19-12(21)8-25-14(23)2-1-3-20-13(22)7-18-15(20)24/h4-6H,1-3,7-8H2,(H,18,24)(H,19,21). The molecule has 134 valence electrons. The summed E-state index contributed by atoms with van der Waals surface area (Å²) in [5.41, 5.74) is 0.386. The number of esters is 1. The summed E-state index contributed by atoms with van der Waals surface area (Å²) in [4.78, 5) is 47.0. The van der Waals surface area contributed by atoms with Crippen LogP contribution in [-0.2, 0) is 19.1 Å². The van der Waals surface area contributed by atoms with Gasteiger partial charge in [0.15, 0.2) is 6.61 Å². The molecule has 1 aromatic rings. The van der Waals surface area contributed by atoms with Crippen molar-refractivity contribution in [2.45, 2.75) is 12.8 Å². The number of hydrogen-bond acceptors (Lipinski definition) is 5. The smallest absolute Gasteiger partial charge is 0.324 e. The third-order valence-corrected chi connectivity index (χ3v) is 3.65. The molecule has 1 heterocycles. The van der Waals surface area contributed by atoms with Crippen molar-refractivity contribution in [2.24, 2.45) is 0 Å². The Labute approximate surface area is 153 Å². The van der Waals surface area contributed by atoms with Crippen LogP contribution in [0.3, 0.4) is 0 Å². The van der Waals surface area contributed by atoms with Crippen LogP contribution in [0.15, 0.2) is 18.2 Å². The fourth-order valence-electron chi connectivity index (χ4n) is 2.10. The van der Waals surface area contributed by atoms with Crippen LogP contribution < -0.4 is 10.6 Å². The average Bonchev–Trinajstić information content (AvgIpc) is 2.84. The van der Waals surface area contributed by atoms with E-state index in [2.05, 4.69) is 10.6 Å². The van der Waals surface area contributed by atoms with Crippen molar-refractivity contribution in [1.29, 1.82) is 0 Å². The Hall–Kier alpha value is -2.32. The summed E-state index contributed by atoms with van der Waals surface area (Å²) in [5, 5.41) is 5.60. The van der Waals surface area contributed by atoms with Crippen LogP contribution in [0.25, 0.3) is 0 Å². The molecule has 10 heteroatoms. The zero-order valence-corrected chi connectivity index (χ0v) is 14.5. The molecule has 1 aliphatic heterocycles. The predicted molar refractivity (Wildman–Crippen MR) is 90.4 cm³/mol. The first kappa shape index (κ1) is 19.0. The van der Waals surface area contributed by atoms with Crippen molar-refractivity contribution in [3.05, 3.63) is 28.2 Å². The largest absolute Gasteiger partial charge is 0.456 e. The van der Waals surface area contributed by atoms with Gasteiger partial charge in [-0.05, 0) is 24.6 Å². The zero-order chi connectivity index (χ0) is 18.4. The van der Waals surface area contributed by atoms with Gasteiger partial charge in [-0.15, -0.1) is 0 Å². The molecule has 0 bridgehead atoms. The summed E-state index contributed by atoms with van der Waals surface area (Å²) in [6, 6.07) is 4.05. The highest BCUT2D eigenvalue weighted by Crippen LogP contribution is 2.22. The minimum absolute atomic E-state index is 0.0205. The van der Waals surface area contributed by atoms with Gasteiger partial charge in [0.25, 0.3) is 5.91 Å². The molecule has 0 spiro atoms. The number of carbonyl (C=O) groups excluding carboxylic acids is 4. The van der Waals surface area contributed by atoms with Gasteiger partial charge in [-0.25, -0.2) is 4.79 Å². The summed E-state index contributed by atoms with van der Waals surface area (Å²) < 4.78 is 4.83. The maximum atomic E-state index is 11.7. The Morgan fingerprint density at radius 1 is 1.20 bits per heavy atom. The maximum Gasteiger partial charge on any atom is 0.324 e. The lowest BCUT2D eigenvalue weighted by atomic mass is 10.3. The van der Waals surface area contributed by atoms with Crippen LogP contribution in [0.2, 0.25) is 10.0 Å². The third kappa shape index (κ3) is 5.91. The van der Waals surface area contributed by atoms with E-state index >= 15 is 0 Å². The molecular weight excluding hydrogens is 373 g/mol. The number of anilines is 1. The molecule has 0 aromatic heterocycles. The van der Waals surface area contributed by atoms with E-state index in [0.717, 1.165) is 4.90 Å². The fourth-order valence-corrected chi connectivity index (χ4v) is 2.63. The lowest BCUT2D eigenvalue weighted by Gasteiger charge is -2.11. The van der Waals surface area contributed by atoms with Gasteiger partial charge < -0.3 is 15.4 Å². The number of nitrogens with zero attached hydrogens (tertiary/aromatic N) is 1. The summed E-state index contributed by atoms with van der Waals surface area (Å²) in [5.74, 6) is -1.48. The number of benzene rings is 1. The van der Waals surface area contributed by atoms with Crippen molar-refractivity contribution in [3.8, 4) is 0 Å². The molecule has 0 atom stereocenters. The van der Waals surface area contributed by atoms with Gasteiger partial charge in [0.05, 0.1) is 6.54 Å². The number of urea groups is 1. The molecule has 2 N–H and O–H groups in total. The Kier molecular flexibility index (Phi) is 6.60. The Balaban J connectivity index is 1.68. The number of rotatable bonds is 7. The summed E-state index contributed by atoms with van der Waals surface area (Å²) >= 11 is 11.6. The Morgan fingerprint density at radius 2 is 1.88 bits per heavy atom. The van der Waals surface area contributed by atoms with E-state index in [0.29, 0.717) is 15.7 Å². The van der Waals surface area contributed by atoms with Gasteiger partial charge in [-0.2, -0.15) is 0 Å². The summed E-state index contributed by atoms with van der Waals surface area (Å²) in [6.07, 6.45) is 0.233. The van der Waals surface area contributed by atoms with Crippen molar-refractivity contribution in [2.75, 3.05) is 25.0 Å².